The van der Waals surface area contributed by atoms with Crippen LogP contribution in [-0.4, -0.2) is 19.3 Å². The van der Waals surface area contributed by atoms with Crippen LogP contribution in [0.5, 0.6) is 5.75 Å². The first-order valence-electron chi connectivity index (χ1n) is 8.81. The molecule has 0 N–H and O–H groups in total. The first kappa shape index (κ1) is 17.3. The van der Waals surface area contributed by atoms with Crippen molar-refractivity contribution in [3.05, 3.63) is 29.8 Å². The number of rotatable bonds is 6. The zero-order valence-electron chi connectivity index (χ0n) is 14.7. The minimum atomic E-state index is 0.182. The summed E-state index contributed by atoms with van der Waals surface area (Å²) in [4.78, 5) is 0. The summed E-state index contributed by atoms with van der Waals surface area (Å²) in [6.07, 6.45) is 7.10. The van der Waals surface area contributed by atoms with Gasteiger partial charge >= 0.3 is 0 Å². The molecule has 1 aromatic rings. The summed E-state index contributed by atoms with van der Waals surface area (Å²) in [6, 6.07) is 8.70. The molecule has 0 bridgehead atoms. The van der Waals surface area contributed by atoms with Crippen molar-refractivity contribution in [2.75, 3.05) is 13.2 Å². The maximum absolute atomic E-state index is 5.82. The lowest BCUT2D eigenvalue weighted by atomic mass is 9.84. The minimum absolute atomic E-state index is 0.182. The summed E-state index contributed by atoms with van der Waals surface area (Å²) in [5, 5.41) is 0. The first-order chi connectivity index (χ1) is 10.5. The van der Waals surface area contributed by atoms with Crippen molar-refractivity contribution < 1.29 is 9.47 Å². The van der Waals surface area contributed by atoms with E-state index < -0.39 is 0 Å². The van der Waals surface area contributed by atoms with E-state index in [4.69, 9.17) is 9.47 Å². The van der Waals surface area contributed by atoms with E-state index in [2.05, 4.69) is 52.0 Å². The van der Waals surface area contributed by atoms with Crippen molar-refractivity contribution >= 4 is 0 Å². The second-order valence-electron chi connectivity index (χ2n) is 7.63. The maximum atomic E-state index is 5.82. The van der Waals surface area contributed by atoms with Gasteiger partial charge in [0.1, 0.15) is 12.4 Å². The van der Waals surface area contributed by atoms with Crippen LogP contribution in [0.2, 0.25) is 0 Å². The molecule has 22 heavy (non-hydrogen) atoms. The molecule has 1 fully saturated rings. The van der Waals surface area contributed by atoms with Crippen LogP contribution >= 0.6 is 0 Å². The van der Waals surface area contributed by atoms with Crippen molar-refractivity contribution in [2.24, 2.45) is 5.41 Å². The maximum Gasteiger partial charge on any atom is 0.119 e. The van der Waals surface area contributed by atoms with Crippen molar-refractivity contribution in [1.29, 1.82) is 0 Å². The van der Waals surface area contributed by atoms with Gasteiger partial charge in [0.25, 0.3) is 0 Å². The topological polar surface area (TPSA) is 18.5 Å². The summed E-state index contributed by atoms with van der Waals surface area (Å²) in [5.74, 6) is 1.71. The highest BCUT2D eigenvalue weighted by atomic mass is 16.5. The monoisotopic (exact) mass is 304 g/mol. The first-order valence-corrected chi connectivity index (χ1v) is 8.81. The molecular formula is C20H32O2. The lowest BCUT2D eigenvalue weighted by Crippen LogP contribution is -2.27. The van der Waals surface area contributed by atoms with Crippen LogP contribution < -0.4 is 4.74 Å². The Labute approximate surface area is 136 Å². The molecule has 0 heterocycles. The molecule has 2 rings (SSSR count). The molecule has 0 amide bonds. The highest BCUT2D eigenvalue weighted by molar-refractivity contribution is 5.29. The Bertz CT molecular complexity index is 424. The molecule has 0 aromatic heterocycles. The van der Waals surface area contributed by atoms with Gasteiger partial charge in [0.2, 0.25) is 0 Å². The van der Waals surface area contributed by atoms with E-state index >= 15 is 0 Å². The fraction of sp³-hybridized carbons (Fsp3) is 0.700. The largest absolute Gasteiger partial charge is 0.491 e. The average molecular weight is 304 g/mol. The average Bonchev–Trinajstić information content (AvgIpc) is 2.52. The van der Waals surface area contributed by atoms with Crippen LogP contribution in [0.1, 0.15) is 71.3 Å². The van der Waals surface area contributed by atoms with Crippen molar-refractivity contribution in [2.45, 2.75) is 71.8 Å². The Morgan fingerprint density at radius 1 is 1.00 bits per heavy atom. The van der Waals surface area contributed by atoms with Crippen molar-refractivity contribution in [3.63, 3.8) is 0 Å². The fourth-order valence-electron chi connectivity index (χ4n) is 2.91. The van der Waals surface area contributed by atoms with Gasteiger partial charge in [-0.15, -0.1) is 0 Å². The Hall–Kier alpha value is -1.02. The molecule has 1 aliphatic carbocycles. The molecule has 1 atom stereocenters. The molecular weight excluding hydrogens is 272 g/mol. The van der Waals surface area contributed by atoms with E-state index in [1.165, 1.54) is 37.7 Å². The molecule has 0 radical (unpaired) electrons. The number of ether oxygens (including phenoxy) is 2. The molecule has 1 unspecified atom stereocenters. The van der Waals surface area contributed by atoms with E-state index in [1.54, 1.807) is 0 Å². The molecule has 2 nitrogen and oxygen atoms in total. The van der Waals surface area contributed by atoms with E-state index in [1.807, 2.05) is 0 Å². The van der Waals surface area contributed by atoms with Gasteiger partial charge in [-0.05, 0) is 48.8 Å². The van der Waals surface area contributed by atoms with Crippen LogP contribution in [0.15, 0.2) is 24.3 Å². The normalized spacial score (nSPS) is 18.2. The SMILES string of the molecule is CC(OCCOc1ccc(C2CCCCC2)cc1)C(C)(C)C. The molecule has 2 heteroatoms. The van der Waals surface area contributed by atoms with Gasteiger partial charge < -0.3 is 9.47 Å². The van der Waals surface area contributed by atoms with E-state index in [-0.39, 0.29) is 11.5 Å². The molecule has 0 saturated heterocycles. The van der Waals surface area contributed by atoms with E-state index in [0.717, 1.165) is 11.7 Å². The minimum Gasteiger partial charge on any atom is -0.491 e. The predicted octanol–water partition coefficient (Wildman–Crippen LogP) is 5.56. The summed E-state index contributed by atoms with van der Waals surface area (Å²) in [7, 11) is 0. The van der Waals surface area contributed by atoms with E-state index in [9.17, 15) is 0 Å². The van der Waals surface area contributed by atoms with Gasteiger partial charge in [-0.2, -0.15) is 0 Å². The molecule has 0 aliphatic heterocycles. The molecule has 0 spiro atoms. The Morgan fingerprint density at radius 2 is 1.64 bits per heavy atom. The molecule has 1 saturated carbocycles. The smallest absolute Gasteiger partial charge is 0.119 e. The number of hydrogen-bond donors (Lipinski definition) is 0. The Morgan fingerprint density at radius 3 is 2.23 bits per heavy atom. The third-order valence-electron chi connectivity index (χ3n) is 4.90. The molecule has 1 aromatic carbocycles. The van der Waals surface area contributed by atoms with Crippen molar-refractivity contribution in [3.8, 4) is 5.75 Å². The highest BCUT2D eigenvalue weighted by Gasteiger charge is 2.20. The zero-order valence-corrected chi connectivity index (χ0v) is 14.7. The van der Waals surface area contributed by atoms with Crippen LogP contribution in [-0.2, 0) is 4.74 Å². The highest BCUT2D eigenvalue weighted by Crippen LogP contribution is 2.33. The molecule has 124 valence electrons. The van der Waals surface area contributed by atoms with Crippen LogP contribution in [0, 0.1) is 5.41 Å². The fourth-order valence-corrected chi connectivity index (χ4v) is 2.91. The quantitative estimate of drug-likeness (QED) is 0.640. The van der Waals surface area contributed by atoms with Crippen molar-refractivity contribution in [1.82, 2.24) is 0 Å². The van der Waals surface area contributed by atoms with Gasteiger partial charge in [-0.3, -0.25) is 0 Å². The number of hydrogen-bond acceptors (Lipinski definition) is 2. The van der Waals surface area contributed by atoms with Crippen LogP contribution in [0.3, 0.4) is 0 Å². The Balaban J connectivity index is 1.72. The van der Waals surface area contributed by atoms with Crippen LogP contribution in [0.25, 0.3) is 0 Å². The lowest BCUT2D eigenvalue weighted by Gasteiger charge is -2.27. The predicted molar refractivity (Wildman–Crippen MR) is 92.6 cm³/mol. The lowest BCUT2D eigenvalue weighted by molar-refractivity contribution is -0.0164. The second kappa shape index (κ2) is 8.01. The van der Waals surface area contributed by atoms with Gasteiger partial charge in [0.15, 0.2) is 0 Å². The second-order valence-corrected chi connectivity index (χ2v) is 7.63. The van der Waals surface area contributed by atoms with Gasteiger partial charge in [-0.25, -0.2) is 0 Å². The summed E-state index contributed by atoms with van der Waals surface area (Å²) >= 11 is 0. The van der Waals surface area contributed by atoms with Crippen LogP contribution in [0.4, 0.5) is 0 Å². The zero-order chi connectivity index (χ0) is 16.0. The summed E-state index contributed by atoms with van der Waals surface area (Å²) < 4.78 is 11.6. The summed E-state index contributed by atoms with van der Waals surface area (Å²) in [6.45, 7) is 9.97. The number of benzene rings is 1. The standard InChI is InChI=1S/C20H32O2/c1-16(20(2,3)4)21-14-15-22-19-12-10-18(11-13-19)17-8-6-5-7-9-17/h10-13,16-17H,5-9,14-15H2,1-4H3. The third kappa shape index (κ3) is 5.31. The summed E-state index contributed by atoms with van der Waals surface area (Å²) in [5.41, 5.74) is 1.66. The van der Waals surface area contributed by atoms with Gasteiger partial charge in [0, 0.05) is 0 Å². The third-order valence-corrected chi connectivity index (χ3v) is 4.90. The Kier molecular flexibility index (Phi) is 6.31. The van der Waals surface area contributed by atoms with Gasteiger partial charge in [-0.1, -0.05) is 52.2 Å². The molecule has 1 aliphatic rings. The van der Waals surface area contributed by atoms with Gasteiger partial charge in [0.05, 0.1) is 12.7 Å². The van der Waals surface area contributed by atoms with E-state index in [0.29, 0.717) is 13.2 Å².